The van der Waals surface area contributed by atoms with Crippen LogP contribution < -0.4 is 0 Å². The number of halogens is 1. The number of rotatable bonds is 3. The standard InChI is InChI=1S/C25H25FO3/c1-14-4-5-20(21(26)8-14)18-9-15(2)23(16(3)10-18)24-22(27)12-19(25(24)28)11-17-6-7-29-13-17/h4-5,8-11,17,24H,6-7,12-13H2,1-3H3/b19-11+. The maximum absolute atomic E-state index is 14.4. The molecule has 1 heterocycles. The topological polar surface area (TPSA) is 43.4 Å². The summed E-state index contributed by atoms with van der Waals surface area (Å²) >= 11 is 0. The highest BCUT2D eigenvalue weighted by Gasteiger charge is 2.40. The molecule has 0 amide bonds. The quantitative estimate of drug-likeness (QED) is 0.545. The van der Waals surface area contributed by atoms with Gasteiger partial charge in [0.05, 0.1) is 6.61 Å². The Morgan fingerprint density at radius 3 is 2.41 bits per heavy atom. The van der Waals surface area contributed by atoms with Crippen molar-refractivity contribution in [2.75, 3.05) is 13.2 Å². The summed E-state index contributed by atoms with van der Waals surface area (Å²) in [7, 11) is 0. The third kappa shape index (κ3) is 3.69. The number of ketones is 2. The molecule has 1 aliphatic heterocycles. The molecule has 0 bridgehead atoms. The molecule has 2 fully saturated rings. The fraction of sp³-hybridized carbons (Fsp3) is 0.360. The van der Waals surface area contributed by atoms with E-state index in [9.17, 15) is 14.0 Å². The molecule has 2 aliphatic rings. The van der Waals surface area contributed by atoms with Gasteiger partial charge < -0.3 is 4.74 Å². The Bertz CT molecular complexity index is 1010. The third-order valence-corrected chi connectivity index (χ3v) is 5.99. The minimum absolute atomic E-state index is 0.0550. The van der Waals surface area contributed by atoms with E-state index in [0.717, 1.165) is 34.2 Å². The largest absolute Gasteiger partial charge is 0.381 e. The second kappa shape index (κ2) is 7.68. The van der Waals surface area contributed by atoms with Crippen LogP contribution in [0.15, 0.2) is 42.0 Å². The maximum Gasteiger partial charge on any atom is 0.173 e. The number of aryl methyl sites for hydroxylation is 3. The molecule has 2 unspecified atom stereocenters. The highest BCUT2D eigenvalue weighted by atomic mass is 19.1. The number of allylic oxidation sites excluding steroid dienone is 1. The van der Waals surface area contributed by atoms with Gasteiger partial charge in [-0.05, 0) is 61.1 Å². The second-order valence-electron chi connectivity index (χ2n) is 8.26. The van der Waals surface area contributed by atoms with Crippen LogP contribution in [-0.4, -0.2) is 24.8 Å². The molecule has 2 atom stereocenters. The van der Waals surface area contributed by atoms with Gasteiger partial charge in [-0.3, -0.25) is 9.59 Å². The molecule has 0 spiro atoms. The molecule has 0 N–H and O–H groups in total. The zero-order valence-electron chi connectivity index (χ0n) is 17.0. The fourth-order valence-electron chi connectivity index (χ4n) is 4.55. The summed E-state index contributed by atoms with van der Waals surface area (Å²) in [5, 5.41) is 0. The van der Waals surface area contributed by atoms with Crippen molar-refractivity contribution in [2.24, 2.45) is 5.92 Å². The number of carbonyl (C=O) groups excluding carboxylic acids is 2. The van der Waals surface area contributed by atoms with Crippen molar-refractivity contribution in [1.82, 2.24) is 0 Å². The van der Waals surface area contributed by atoms with E-state index in [1.165, 1.54) is 6.07 Å². The molecule has 0 radical (unpaired) electrons. The Morgan fingerprint density at radius 1 is 1.07 bits per heavy atom. The molecular formula is C25H25FO3. The first-order valence-corrected chi connectivity index (χ1v) is 10.1. The van der Waals surface area contributed by atoms with Crippen LogP contribution in [0.5, 0.6) is 0 Å². The lowest BCUT2D eigenvalue weighted by atomic mass is 9.85. The summed E-state index contributed by atoms with van der Waals surface area (Å²) in [6.07, 6.45) is 3.02. The zero-order chi connectivity index (χ0) is 20.7. The number of benzene rings is 2. The zero-order valence-corrected chi connectivity index (χ0v) is 17.0. The van der Waals surface area contributed by atoms with Crippen molar-refractivity contribution in [1.29, 1.82) is 0 Å². The first-order chi connectivity index (χ1) is 13.8. The molecule has 3 nitrogen and oxygen atoms in total. The van der Waals surface area contributed by atoms with Crippen molar-refractivity contribution < 1.29 is 18.7 Å². The predicted molar refractivity (Wildman–Crippen MR) is 110 cm³/mol. The molecule has 4 rings (SSSR count). The lowest BCUT2D eigenvalue weighted by Gasteiger charge is -2.17. The lowest BCUT2D eigenvalue weighted by Crippen LogP contribution is -2.15. The van der Waals surface area contributed by atoms with Crippen LogP contribution >= 0.6 is 0 Å². The summed E-state index contributed by atoms with van der Waals surface area (Å²) in [6, 6.07) is 8.92. The normalized spacial score (nSPS) is 23.4. The minimum Gasteiger partial charge on any atom is -0.381 e. The third-order valence-electron chi connectivity index (χ3n) is 5.99. The molecule has 4 heteroatoms. The van der Waals surface area contributed by atoms with Crippen molar-refractivity contribution in [3.8, 4) is 11.1 Å². The summed E-state index contributed by atoms with van der Waals surface area (Å²) in [4.78, 5) is 25.8. The molecule has 1 saturated heterocycles. The predicted octanol–water partition coefficient (Wildman–Crippen LogP) is 5.01. The molecule has 29 heavy (non-hydrogen) atoms. The van der Waals surface area contributed by atoms with Crippen molar-refractivity contribution >= 4 is 11.6 Å². The van der Waals surface area contributed by atoms with E-state index in [1.807, 2.05) is 45.0 Å². The van der Waals surface area contributed by atoms with Gasteiger partial charge in [0.2, 0.25) is 0 Å². The summed E-state index contributed by atoms with van der Waals surface area (Å²) in [6.45, 7) is 6.96. The van der Waals surface area contributed by atoms with Gasteiger partial charge in [0.15, 0.2) is 11.6 Å². The number of ether oxygens (including phenoxy) is 1. The van der Waals surface area contributed by atoms with Crippen LogP contribution in [0.25, 0.3) is 11.1 Å². The number of Topliss-reactive ketones (excluding diaryl/α,β-unsaturated/α-hetero) is 2. The Labute approximate surface area is 170 Å². The van der Waals surface area contributed by atoms with Gasteiger partial charge in [-0.25, -0.2) is 4.39 Å². The molecular weight excluding hydrogens is 367 g/mol. The van der Waals surface area contributed by atoms with Gasteiger partial charge in [0.25, 0.3) is 0 Å². The van der Waals surface area contributed by atoms with Crippen molar-refractivity contribution in [2.45, 2.75) is 39.5 Å². The van der Waals surface area contributed by atoms with E-state index < -0.39 is 5.92 Å². The first kappa shape index (κ1) is 19.7. The number of carbonyl (C=O) groups is 2. The summed E-state index contributed by atoms with van der Waals surface area (Å²) < 4.78 is 19.8. The molecule has 2 aromatic carbocycles. The van der Waals surface area contributed by atoms with Gasteiger partial charge in [0.1, 0.15) is 11.7 Å². The molecule has 0 aromatic heterocycles. The average molecular weight is 392 g/mol. The van der Waals surface area contributed by atoms with Crippen LogP contribution in [0.4, 0.5) is 4.39 Å². The van der Waals surface area contributed by atoms with Gasteiger partial charge in [-0.15, -0.1) is 0 Å². The lowest BCUT2D eigenvalue weighted by molar-refractivity contribution is -0.123. The Hall–Kier alpha value is -2.59. The van der Waals surface area contributed by atoms with E-state index in [0.29, 0.717) is 24.4 Å². The van der Waals surface area contributed by atoms with Crippen molar-refractivity contribution in [3.63, 3.8) is 0 Å². The van der Waals surface area contributed by atoms with E-state index in [4.69, 9.17) is 4.74 Å². The summed E-state index contributed by atoms with van der Waals surface area (Å²) in [5.74, 6) is -0.952. The van der Waals surface area contributed by atoms with E-state index in [1.54, 1.807) is 6.07 Å². The van der Waals surface area contributed by atoms with Crippen LogP contribution in [0.3, 0.4) is 0 Å². The average Bonchev–Trinajstić information content (AvgIpc) is 3.25. The maximum atomic E-state index is 14.4. The molecule has 2 aromatic rings. The van der Waals surface area contributed by atoms with Crippen LogP contribution in [0, 0.1) is 32.5 Å². The van der Waals surface area contributed by atoms with E-state index in [2.05, 4.69) is 0 Å². The second-order valence-corrected chi connectivity index (χ2v) is 8.26. The molecule has 1 aliphatic carbocycles. The van der Waals surface area contributed by atoms with E-state index in [-0.39, 0.29) is 29.7 Å². The van der Waals surface area contributed by atoms with E-state index >= 15 is 0 Å². The molecule has 150 valence electrons. The van der Waals surface area contributed by atoms with Crippen molar-refractivity contribution in [3.05, 3.63) is 70.1 Å². The van der Waals surface area contributed by atoms with Gasteiger partial charge in [0, 0.05) is 30.1 Å². The molecule has 1 saturated carbocycles. The highest BCUT2D eigenvalue weighted by Crippen LogP contribution is 2.38. The van der Waals surface area contributed by atoms with Crippen LogP contribution in [-0.2, 0) is 14.3 Å². The van der Waals surface area contributed by atoms with Gasteiger partial charge >= 0.3 is 0 Å². The van der Waals surface area contributed by atoms with Crippen LogP contribution in [0.1, 0.15) is 41.0 Å². The van der Waals surface area contributed by atoms with Gasteiger partial charge in [-0.1, -0.05) is 30.3 Å². The smallest absolute Gasteiger partial charge is 0.173 e. The summed E-state index contributed by atoms with van der Waals surface area (Å²) in [5.41, 5.74) is 5.22. The Kier molecular flexibility index (Phi) is 5.22. The van der Waals surface area contributed by atoms with Gasteiger partial charge in [-0.2, -0.15) is 0 Å². The fourth-order valence-corrected chi connectivity index (χ4v) is 4.55. The number of hydrogen-bond donors (Lipinski definition) is 0. The first-order valence-electron chi connectivity index (χ1n) is 10.1. The van der Waals surface area contributed by atoms with Crippen LogP contribution in [0.2, 0.25) is 0 Å². The number of hydrogen-bond acceptors (Lipinski definition) is 3. The Morgan fingerprint density at radius 2 is 1.79 bits per heavy atom. The Balaban J connectivity index is 1.70. The monoisotopic (exact) mass is 392 g/mol. The SMILES string of the molecule is Cc1ccc(-c2cc(C)c(C3C(=O)C/C(=C\C4CCOC4)C3=O)c(C)c2)c(F)c1. The minimum atomic E-state index is -0.750. The highest BCUT2D eigenvalue weighted by molar-refractivity contribution is 6.23.